The van der Waals surface area contributed by atoms with Gasteiger partial charge in [0.15, 0.2) is 0 Å². The van der Waals surface area contributed by atoms with Crippen LogP contribution in [0.25, 0.3) is 0 Å². The van der Waals surface area contributed by atoms with Crippen LogP contribution in [0.1, 0.15) is 27.2 Å². The summed E-state index contributed by atoms with van der Waals surface area (Å²) < 4.78 is 5.12. The Balaban J connectivity index is 3.75. The summed E-state index contributed by atoms with van der Waals surface area (Å²) in [6.45, 7) is 5.59. The molecule has 0 fully saturated rings. The molecule has 0 N–H and O–H groups in total. The van der Waals surface area contributed by atoms with Crippen molar-refractivity contribution in [3.63, 3.8) is 0 Å². The summed E-state index contributed by atoms with van der Waals surface area (Å²) >= 11 is 6.61. The van der Waals surface area contributed by atoms with Gasteiger partial charge in [0.2, 0.25) is 0 Å². The maximum Gasteiger partial charge on any atom is 0.307 e. The van der Waals surface area contributed by atoms with E-state index in [1.807, 2.05) is 20.8 Å². The largest absolute Gasteiger partial charge is 0.460 e. The van der Waals surface area contributed by atoms with E-state index in [0.29, 0.717) is 6.42 Å². The van der Waals surface area contributed by atoms with E-state index in [1.54, 1.807) is 0 Å². The number of esters is 1. The Morgan fingerprint density at radius 2 is 2.00 bits per heavy atom. The predicted molar refractivity (Wildman–Crippen MR) is 57.0 cm³/mol. The summed E-state index contributed by atoms with van der Waals surface area (Å²) in [6, 6.07) is 0. The number of carbonyl (C=O) groups excluding carboxylic acids is 1. The summed E-state index contributed by atoms with van der Waals surface area (Å²) in [5, 5.41) is 0.756. The number of hydrogen-bond donors (Lipinski definition) is 0. The monoisotopic (exact) mass is 300 g/mol. The first-order valence-electron chi connectivity index (χ1n) is 3.77. The van der Waals surface area contributed by atoms with Crippen molar-refractivity contribution in [2.24, 2.45) is 0 Å². The highest BCUT2D eigenvalue weighted by Crippen LogP contribution is 2.13. The molecule has 0 aromatic carbocycles. The Morgan fingerprint density at radius 3 is 2.33 bits per heavy atom. The predicted octanol–water partition coefficient (Wildman–Crippen LogP) is 2.88. The second-order valence-electron chi connectivity index (χ2n) is 3.54. The molecule has 2 nitrogen and oxygen atoms in total. The van der Waals surface area contributed by atoms with E-state index in [-0.39, 0.29) is 16.4 Å². The average Bonchev–Trinajstić information content (AvgIpc) is 1.82. The van der Waals surface area contributed by atoms with Crippen molar-refractivity contribution in [3.05, 3.63) is 0 Å². The van der Waals surface area contributed by atoms with Gasteiger partial charge in [-0.15, -0.1) is 0 Å². The Morgan fingerprint density at radius 1 is 1.50 bits per heavy atom. The van der Waals surface area contributed by atoms with Crippen molar-refractivity contribution in [1.29, 1.82) is 0 Å². The lowest BCUT2D eigenvalue weighted by atomic mass is 10.2. The lowest BCUT2D eigenvalue weighted by Gasteiger charge is -2.20. The van der Waals surface area contributed by atoms with Gasteiger partial charge in [0.25, 0.3) is 0 Å². The van der Waals surface area contributed by atoms with Crippen LogP contribution in [0.15, 0.2) is 0 Å². The van der Waals surface area contributed by atoms with Crippen LogP contribution in [0.3, 0.4) is 0 Å². The minimum atomic E-state index is -0.379. The quantitative estimate of drug-likeness (QED) is 0.592. The topological polar surface area (TPSA) is 26.3 Å². The first kappa shape index (κ1) is 12.4. The molecule has 0 spiro atoms. The van der Waals surface area contributed by atoms with Crippen molar-refractivity contribution in [2.75, 3.05) is 5.33 Å². The number of alkyl halides is 2. The molecule has 4 heteroatoms. The Bertz CT molecular complexity index is 152. The molecule has 0 aliphatic rings. The van der Waals surface area contributed by atoms with Crippen LogP contribution in [-0.4, -0.2) is 21.7 Å². The third-order valence-electron chi connectivity index (χ3n) is 0.976. The molecule has 0 aliphatic carbocycles. The maximum absolute atomic E-state index is 11.2. The summed E-state index contributed by atoms with van der Waals surface area (Å²) in [7, 11) is 0. The van der Waals surface area contributed by atoms with Crippen molar-refractivity contribution in [2.45, 2.75) is 37.6 Å². The molecule has 0 heterocycles. The van der Waals surface area contributed by atoms with Gasteiger partial charge in [-0.25, -0.2) is 0 Å². The zero-order chi connectivity index (χ0) is 9.78. The highest BCUT2D eigenvalue weighted by molar-refractivity contribution is 9.12. The molecule has 0 saturated carbocycles. The summed E-state index contributed by atoms with van der Waals surface area (Å²) in [6.07, 6.45) is 0.405. The Labute approximate surface area is 90.3 Å². The minimum absolute atomic E-state index is 0.160. The highest BCUT2D eigenvalue weighted by Gasteiger charge is 2.18. The van der Waals surface area contributed by atoms with Crippen molar-refractivity contribution in [1.82, 2.24) is 0 Å². The number of carbonyl (C=O) groups is 1. The van der Waals surface area contributed by atoms with Gasteiger partial charge in [0.1, 0.15) is 5.60 Å². The molecule has 0 amide bonds. The second kappa shape index (κ2) is 5.22. The Hall–Kier alpha value is 0.430. The van der Waals surface area contributed by atoms with Gasteiger partial charge in [0, 0.05) is 10.2 Å². The van der Waals surface area contributed by atoms with E-state index >= 15 is 0 Å². The molecule has 12 heavy (non-hydrogen) atoms. The SMILES string of the molecule is CC(C)(C)OC(=O)CC(Br)CBr. The molecule has 0 rings (SSSR count). The molecule has 0 aromatic rings. The zero-order valence-electron chi connectivity index (χ0n) is 7.56. The summed E-state index contributed by atoms with van der Waals surface area (Å²) in [5.41, 5.74) is -0.379. The number of ether oxygens (including phenoxy) is 1. The van der Waals surface area contributed by atoms with Gasteiger partial charge in [-0.3, -0.25) is 4.79 Å². The van der Waals surface area contributed by atoms with Crippen molar-refractivity contribution in [3.8, 4) is 0 Å². The second-order valence-corrected chi connectivity index (χ2v) is 5.48. The van der Waals surface area contributed by atoms with Gasteiger partial charge >= 0.3 is 5.97 Å². The molecule has 1 atom stereocenters. The van der Waals surface area contributed by atoms with Gasteiger partial charge in [-0.2, -0.15) is 0 Å². The molecule has 0 aromatic heterocycles. The summed E-state index contributed by atoms with van der Waals surface area (Å²) in [5.74, 6) is -0.163. The first-order chi connectivity index (χ1) is 5.35. The van der Waals surface area contributed by atoms with E-state index in [4.69, 9.17) is 4.74 Å². The third-order valence-corrected chi connectivity index (χ3v) is 3.27. The number of rotatable bonds is 3. The normalized spacial score (nSPS) is 14.1. The van der Waals surface area contributed by atoms with Gasteiger partial charge in [-0.05, 0) is 20.8 Å². The molecule has 0 aliphatic heterocycles. The van der Waals surface area contributed by atoms with E-state index in [9.17, 15) is 4.79 Å². The van der Waals surface area contributed by atoms with Crippen LogP contribution in [0, 0.1) is 0 Å². The van der Waals surface area contributed by atoms with Crippen molar-refractivity contribution < 1.29 is 9.53 Å². The van der Waals surface area contributed by atoms with Crippen LogP contribution >= 0.6 is 31.9 Å². The van der Waals surface area contributed by atoms with Crippen LogP contribution < -0.4 is 0 Å². The molecule has 1 unspecified atom stereocenters. The maximum atomic E-state index is 11.2. The standard InChI is InChI=1S/C8H14Br2O2/c1-8(2,3)12-7(11)4-6(10)5-9/h6H,4-5H2,1-3H3. The fourth-order valence-electron chi connectivity index (χ4n) is 0.619. The zero-order valence-corrected chi connectivity index (χ0v) is 10.7. The van der Waals surface area contributed by atoms with Crippen LogP contribution in [0.5, 0.6) is 0 Å². The highest BCUT2D eigenvalue weighted by atomic mass is 79.9. The minimum Gasteiger partial charge on any atom is -0.460 e. The van der Waals surface area contributed by atoms with Gasteiger partial charge in [-0.1, -0.05) is 31.9 Å². The fourth-order valence-corrected chi connectivity index (χ4v) is 1.11. The van der Waals surface area contributed by atoms with Gasteiger partial charge < -0.3 is 4.74 Å². The smallest absolute Gasteiger partial charge is 0.307 e. The van der Waals surface area contributed by atoms with E-state index in [0.717, 1.165) is 5.33 Å². The van der Waals surface area contributed by atoms with E-state index < -0.39 is 0 Å². The summed E-state index contributed by atoms with van der Waals surface area (Å²) in [4.78, 5) is 11.3. The molecular formula is C8H14Br2O2. The number of halogens is 2. The molecule has 0 radical (unpaired) electrons. The lowest BCUT2D eigenvalue weighted by molar-refractivity contribution is -0.154. The first-order valence-corrected chi connectivity index (χ1v) is 5.81. The lowest BCUT2D eigenvalue weighted by Crippen LogP contribution is -2.25. The van der Waals surface area contributed by atoms with Crippen LogP contribution in [-0.2, 0) is 9.53 Å². The third kappa shape index (κ3) is 7.10. The molecular weight excluding hydrogens is 288 g/mol. The fraction of sp³-hybridized carbons (Fsp3) is 0.875. The average molecular weight is 302 g/mol. The Kier molecular flexibility index (Phi) is 5.41. The van der Waals surface area contributed by atoms with E-state index in [1.165, 1.54) is 0 Å². The molecule has 0 saturated heterocycles. The van der Waals surface area contributed by atoms with E-state index in [2.05, 4.69) is 31.9 Å². The molecule has 72 valence electrons. The van der Waals surface area contributed by atoms with Gasteiger partial charge in [0.05, 0.1) is 6.42 Å². The van der Waals surface area contributed by atoms with Crippen molar-refractivity contribution >= 4 is 37.8 Å². The van der Waals surface area contributed by atoms with Crippen LogP contribution in [0.4, 0.5) is 0 Å². The number of hydrogen-bond acceptors (Lipinski definition) is 2. The molecule has 0 bridgehead atoms. The van der Waals surface area contributed by atoms with Crippen LogP contribution in [0.2, 0.25) is 0 Å².